The molecule has 0 aromatic heterocycles. The Hall–Kier alpha value is -6.05. The van der Waals surface area contributed by atoms with E-state index in [-0.39, 0.29) is 18.0 Å². The van der Waals surface area contributed by atoms with E-state index in [1.807, 2.05) is 223 Å². The van der Waals surface area contributed by atoms with Crippen LogP contribution in [0, 0.1) is 0 Å². The van der Waals surface area contributed by atoms with E-state index in [1.165, 1.54) is 22.2 Å². The first-order valence-electron chi connectivity index (χ1n) is 31.4. The fraction of sp³-hybridized carbons (Fsp3) is 0.548. The molecule has 0 radical (unpaired) electrons. The van der Waals surface area contributed by atoms with Crippen LogP contribution in [0.25, 0.3) is 0 Å². The molecular formula is C73H138N8O4. The van der Waals surface area contributed by atoms with Gasteiger partial charge in [0.1, 0.15) is 6.29 Å². The Kier molecular flexibility index (Phi) is 119. The molecule has 494 valence electrons. The van der Waals surface area contributed by atoms with Crippen LogP contribution in [0.1, 0.15) is 191 Å². The molecule has 12 heteroatoms. The van der Waals surface area contributed by atoms with Gasteiger partial charge in [0.2, 0.25) is 6.41 Å². The quantitative estimate of drug-likeness (QED) is 0.0168. The third-order valence-electron chi connectivity index (χ3n) is 10.1. The number of hydrogen-bond donors (Lipinski definition) is 5. The molecule has 0 aromatic carbocycles. The Balaban J connectivity index is -0.0000000860. The molecule has 3 atom stereocenters. The molecule has 2 rings (SSSR count). The number of aldehydes is 1. The van der Waals surface area contributed by atoms with Crippen molar-refractivity contribution in [2.75, 3.05) is 60.0 Å². The molecule has 1 heterocycles. The Labute approximate surface area is 528 Å². The summed E-state index contributed by atoms with van der Waals surface area (Å²) in [7, 11) is 2.89. The van der Waals surface area contributed by atoms with Crippen molar-refractivity contribution >= 4 is 31.0 Å². The van der Waals surface area contributed by atoms with Crippen LogP contribution in [0.5, 0.6) is 0 Å². The summed E-state index contributed by atoms with van der Waals surface area (Å²) in [6, 6.07) is 0.259. The first-order valence-corrected chi connectivity index (χ1v) is 31.4. The van der Waals surface area contributed by atoms with Gasteiger partial charge in [-0.1, -0.05) is 204 Å². The van der Waals surface area contributed by atoms with Crippen molar-refractivity contribution in [1.29, 1.82) is 0 Å². The van der Waals surface area contributed by atoms with E-state index < -0.39 is 0 Å². The monoisotopic (exact) mass is 1190 g/mol. The van der Waals surface area contributed by atoms with Crippen LogP contribution in [0.4, 0.5) is 0 Å². The highest BCUT2D eigenvalue weighted by atomic mass is 16.2. The molecule has 1 aliphatic heterocycles. The Morgan fingerprint density at radius 2 is 1.45 bits per heavy atom. The lowest BCUT2D eigenvalue weighted by Crippen LogP contribution is -2.35. The molecule has 3 unspecified atom stereocenters. The number of likely N-dealkylation sites (tertiary alicyclic amines) is 1. The van der Waals surface area contributed by atoms with E-state index in [0.29, 0.717) is 6.04 Å². The minimum Gasteiger partial charge on any atom is -0.400 e. The van der Waals surface area contributed by atoms with Crippen LogP contribution < -0.4 is 21.7 Å². The molecular weight excluding hydrogens is 1050 g/mol. The summed E-state index contributed by atoms with van der Waals surface area (Å²) in [5.41, 5.74) is 12.2. The number of hydrogen-bond acceptors (Lipinski definition) is 10. The molecule has 0 saturated carbocycles. The van der Waals surface area contributed by atoms with Crippen molar-refractivity contribution in [1.82, 2.24) is 25.8 Å². The SMILES string of the molecule is C/C=C(C)/C=C/C1=C/CC=CC(N)/C=C\1.C/C=C\C.C=C(C)C(C)NCC(/C=C\C)=NCC.C=CCNC.C=CN=C.CC.CC.CC.CC.CC.CO.C\C=C/C=C(NCC/C=C\C)\C(=C/C)C(=O)N(CC)CCC.O=CC1CCCN1C=O. The molecule has 85 heavy (non-hydrogen) atoms. The van der Waals surface area contributed by atoms with E-state index in [0.717, 1.165) is 120 Å². The molecule has 6 N–H and O–H groups in total. The van der Waals surface area contributed by atoms with E-state index >= 15 is 0 Å². The number of carbonyl (C=O) groups excluding carboxylic acids is 3. The summed E-state index contributed by atoms with van der Waals surface area (Å²) in [5.74, 6) is 0.0983. The highest BCUT2D eigenvalue weighted by molar-refractivity contribution is 5.97. The number of amides is 2. The normalized spacial score (nSPS) is 15.1. The van der Waals surface area contributed by atoms with Gasteiger partial charge < -0.3 is 41.4 Å². The Morgan fingerprint density at radius 3 is 1.82 bits per heavy atom. The molecule has 0 aromatic rings. The zero-order valence-corrected chi connectivity index (χ0v) is 59.8. The largest absolute Gasteiger partial charge is 0.400 e. The van der Waals surface area contributed by atoms with E-state index in [9.17, 15) is 14.4 Å². The van der Waals surface area contributed by atoms with Crippen LogP contribution in [0.15, 0.2) is 179 Å². The molecule has 2 aliphatic rings. The fourth-order valence-electron chi connectivity index (χ4n) is 5.60. The second-order valence-corrected chi connectivity index (χ2v) is 16.1. The first kappa shape index (κ1) is 104. The van der Waals surface area contributed by atoms with E-state index in [2.05, 4.69) is 116 Å². The molecule has 12 nitrogen and oxygen atoms in total. The summed E-state index contributed by atoms with van der Waals surface area (Å²) in [6.07, 6.45) is 46.2. The second kappa shape index (κ2) is 97.1. The van der Waals surface area contributed by atoms with Crippen LogP contribution in [-0.2, 0) is 14.4 Å². The lowest BCUT2D eigenvalue weighted by Gasteiger charge is -2.23. The lowest BCUT2D eigenvalue weighted by atomic mass is 10.1. The van der Waals surface area contributed by atoms with Crippen molar-refractivity contribution in [2.45, 2.75) is 209 Å². The number of aliphatic imine (C=N–C) groups is 2. The number of nitrogens with two attached hydrogens (primary N) is 1. The van der Waals surface area contributed by atoms with Crippen LogP contribution >= 0.6 is 0 Å². The standard InChI is InChI=1S/C19H32N2O.C14H19N.C12H22N2.C6H9NO2.C4H9N.C4H8.C3H5N.5C2H6.CH4O/c1-6-11-13-15-20-18(14-12-7-2)17(9-4)19(22)21(10-5)16-8-3;1-3-12(2)8-9-13-6-4-5-7-14(15)11-10-13;1-6-8-12(13-7-2)9-14-11(5)10(3)4;8-4-6-2-1-3-7(6)5-9;1-3-4-5-2;2*1-3-4-2;6*1-2/h6-7,9,11-12,14,20H,8,10,13,15-16H2,1-5H3;3,5-11,14H,4,15H2,1-2H3;6,8,11,14H,3,7,9H2,1-2,4-5H3;4-6H,1-3H2;3,5H,1,4H2,2H3;3-4H,1-2H3;3H,1-2H2;5*1-2H3;2H,1H3/b11-6-,12-7-,17-9+,18-14+;7-5?,9-8+,11-10-,12-3+,13-6-;8-6-,13-12?;;;4-3-;;;;;;;. The summed E-state index contributed by atoms with van der Waals surface area (Å²) in [6.45, 7) is 65.8. The summed E-state index contributed by atoms with van der Waals surface area (Å²) < 4.78 is 0. The minimum atomic E-state index is -0.137. The van der Waals surface area contributed by atoms with Crippen LogP contribution in [0.3, 0.4) is 0 Å². The first-order chi connectivity index (χ1) is 41.1. The van der Waals surface area contributed by atoms with Crippen molar-refractivity contribution in [3.05, 3.63) is 169 Å². The van der Waals surface area contributed by atoms with Gasteiger partial charge in [-0.25, -0.2) is 0 Å². The third-order valence-corrected chi connectivity index (χ3v) is 10.1. The van der Waals surface area contributed by atoms with Gasteiger partial charge in [-0.15, -0.1) is 6.58 Å². The fourth-order valence-corrected chi connectivity index (χ4v) is 5.60. The van der Waals surface area contributed by atoms with Gasteiger partial charge in [-0.2, -0.15) is 0 Å². The number of aliphatic hydroxyl groups is 1. The number of likely N-dealkylation sites (N-methyl/N-ethyl adjacent to an activating group) is 2. The Bertz CT molecular complexity index is 1820. The zero-order valence-electron chi connectivity index (χ0n) is 59.8. The Morgan fingerprint density at radius 1 is 0.871 bits per heavy atom. The average Bonchev–Trinajstić information content (AvgIpc) is 4.03. The number of rotatable bonds is 23. The molecule has 1 saturated heterocycles. The topological polar surface area (TPSA) is 165 Å². The van der Waals surface area contributed by atoms with Crippen molar-refractivity contribution in [3.8, 4) is 0 Å². The van der Waals surface area contributed by atoms with Gasteiger partial charge >= 0.3 is 0 Å². The lowest BCUT2D eigenvalue weighted by molar-refractivity contribution is -0.126. The highest BCUT2D eigenvalue weighted by Crippen LogP contribution is 2.14. The predicted molar refractivity (Wildman–Crippen MR) is 390 cm³/mol. The van der Waals surface area contributed by atoms with Gasteiger partial charge in [0, 0.05) is 82.6 Å². The van der Waals surface area contributed by atoms with Gasteiger partial charge in [0.25, 0.3) is 5.91 Å². The highest BCUT2D eigenvalue weighted by Gasteiger charge is 2.21. The smallest absolute Gasteiger partial charge is 0.255 e. The van der Waals surface area contributed by atoms with Crippen molar-refractivity contribution in [2.24, 2.45) is 15.7 Å². The van der Waals surface area contributed by atoms with Gasteiger partial charge in [0.05, 0.1) is 11.6 Å². The van der Waals surface area contributed by atoms with Gasteiger partial charge in [-0.05, 0) is 147 Å². The average molecular weight is 1190 g/mol. The van der Waals surface area contributed by atoms with Crippen LogP contribution in [0.2, 0.25) is 0 Å². The maximum absolute atomic E-state index is 12.7. The van der Waals surface area contributed by atoms with E-state index in [1.54, 1.807) is 0 Å². The van der Waals surface area contributed by atoms with Gasteiger partial charge in [0.15, 0.2) is 0 Å². The second-order valence-electron chi connectivity index (χ2n) is 16.1. The number of carbonyl (C=O) groups is 3. The number of aliphatic hydroxyl groups excluding tert-OH is 1. The van der Waals surface area contributed by atoms with Gasteiger partial charge in [-0.3, -0.25) is 19.6 Å². The summed E-state index contributed by atoms with van der Waals surface area (Å²) in [5, 5.41) is 16.7. The molecule has 1 fully saturated rings. The maximum Gasteiger partial charge on any atom is 0.255 e. The summed E-state index contributed by atoms with van der Waals surface area (Å²) in [4.78, 5) is 44.1. The number of nitrogens with one attached hydrogen (secondary N) is 3. The van der Waals surface area contributed by atoms with Crippen LogP contribution in [-0.4, -0.2) is 124 Å². The zero-order chi connectivity index (χ0) is 68.5. The maximum atomic E-state index is 12.7. The molecule has 0 spiro atoms. The molecule has 1 aliphatic carbocycles. The number of nitrogens with zero attached hydrogens (tertiary/aromatic N) is 4. The molecule has 0 bridgehead atoms. The van der Waals surface area contributed by atoms with Crippen molar-refractivity contribution < 1.29 is 19.5 Å². The molecule has 2 amide bonds. The van der Waals surface area contributed by atoms with E-state index in [4.69, 9.17) is 10.8 Å². The number of allylic oxidation sites excluding steroid dienone is 16. The predicted octanol–water partition coefficient (Wildman–Crippen LogP) is 17.4. The van der Waals surface area contributed by atoms with Crippen molar-refractivity contribution in [3.63, 3.8) is 0 Å². The summed E-state index contributed by atoms with van der Waals surface area (Å²) >= 11 is 0. The third kappa shape index (κ3) is 80.0. The minimum absolute atomic E-state index is 0.0462.